The molecule has 3 N–H and O–H groups in total. The van der Waals surface area contributed by atoms with Gasteiger partial charge in [-0.3, -0.25) is 19.1 Å². The fourth-order valence-corrected chi connectivity index (χ4v) is 2.94. The number of phosphoric acid groups is 1. The zero-order valence-corrected chi connectivity index (χ0v) is 17.0. The van der Waals surface area contributed by atoms with Crippen LogP contribution in [0.15, 0.2) is 24.3 Å². The topological polar surface area (TPSA) is 148 Å². The summed E-state index contributed by atoms with van der Waals surface area (Å²) in [5, 5.41) is 10.6. The Morgan fingerprint density at radius 3 is 2.17 bits per heavy atom. The normalized spacial score (nSPS) is 11.1. The van der Waals surface area contributed by atoms with Crippen molar-refractivity contribution in [3.05, 3.63) is 35.7 Å². The second-order valence-corrected chi connectivity index (χ2v) is 7.07. The lowest BCUT2D eigenvalue weighted by atomic mass is 10.2. The van der Waals surface area contributed by atoms with Crippen LogP contribution in [0.4, 0.5) is 0 Å². The molecule has 0 bridgehead atoms. The molecule has 0 fully saturated rings. The zero-order valence-electron chi connectivity index (χ0n) is 16.1. The first kappa shape index (κ1) is 22.3. The number of carbonyl (C=O) groups is 2. The van der Waals surface area contributed by atoms with Crippen molar-refractivity contribution in [1.29, 1.82) is 0 Å². The molecule has 29 heavy (non-hydrogen) atoms. The molecule has 12 heteroatoms. The zero-order chi connectivity index (χ0) is 21.9. The van der Waals surface area contributed by atoms with Gasteiger partial charge < -0.3 is 24.0 Å². The minimum absolute atomic E-state index is 0.0439. The van der Waals surface area contributed by atoms with Crippen molar-refractivity contribution in [3.8, 4) is 22.9 Å². The van der Waals surface area contributed by atoms with E-state index in [0.29, 0.717) is 5.75 Å². The number of phosphoric ester groups is 1. The van der Waals surface area contributed by atoms with Gasteiger partial charge >= 0.3 is 13.8 Å². The monoisotopic (exact) mass is 428 g/mol. The highest BCUT2D eigenvalue weighted by Crippen LogP contribution is 2.48. The summed E-state index contributed by atoms with van der Waals surface area (Å²) in [5.74, 6) is -3.09. The third-order valence-corrected chi connectivity index (χ3v) is 4.14. The standard InChI is InChI=1S/C17H21N2O9P/c1-5-27-17(22)12-14(20)15(28-29(23,24)25)13(16(21)18(2)3)19(12)10-6-8-11(26-4)9-7-10/h6-9,20H,5H2,1-4H3,(H2,23,24,25). The van der Waals surface area contributed by atoms with Gasteiger partial charge in [-0.15, -0.1) is 0 Å². The van der Waals surface area contributed by atoms with Crippen LogP contribution in [0.1, 0.15) is 27.9 Å². The minimum atomic E-state index is -5.18. The molecule has 2 aromatic rings. The number of amides is 1. The maximum Gasteiger partial charge on any atom is 0.525 e. The number of ether oxygens (including phenoxy) is 2. The average molecular weight is 428 g/mol. The number of benzene rings is 1. The molecule has 0 aliphatic heterocycles. The fraction of sp³-hybridized carbons (Fsp3) is 0.294. The number of rotatable bonds is 7. The first-order valence-corrected chi connectivity index (χ1v) is 9.80. The summed E-state index contributed by atoms with van der Waals surface area (Å²) < 4.78 is 27.0. The summed E-state index contributed by atoms with van der Waals surface area (Å²) >= 11 is 0. The third kappa shape index (κ3) is 4.70. The number of aromatic hydroxyl groups is 1. The third-order valence-electron chi connectivity index (χ3n) is 3.72. The molecule has 0 atom stereocenters. The van der Waals surface area contributed by atoms with E-state index in [1.807, 2.05) is 0 Å². The van der Waals surface area contributed by atoms with Gasteiger partial charge in [0.2, 0.25) is 5.75 Å². The van der Waals surface area contributed by atoms with Crippen molar-refractivity contribution < 1.29 is 43.0 Å². The molecular weight excluding hydrogens is 407 g/mol. The van der Waals surface area contributed by atoms with Gasteiger partial charge in [0.1, 0.15) is 5.75 Å². The van der Waals surface area contributed by atoms with Crippen LogP contribution in [0.5, 0.6) is 17.2 Å². The summed E-state index contributed by atoms with van der Waals surface area (Å²) in [6.45, 7) is 1.49. The van der Waals surface area contributed by atoms with Gasteiger partial charge in [-0.2, -0.15) is 0 Å². The molecule has 1 aromatic carbocycles. The quantitative estimate of drug-likeness (QED) is 0.441. The number of aromatic nitrogens is 1. The SMILES string of the molecule is CCOC(=O)c1c(O)c(OP(=O)(O)O)c(C(=O)N(C)C)n1-c1ccc(OC)cc1. The predicted molar refractivity (Wildman–Crippen MR) is 101 cm³/mol. The van der Waals surface area contributed by atoms with Crippen molar-refractivity contribution in [2.75, 3.05) is 27.8 Å². The fourth-order valence-electron chi connectivity index (χ4n) is 2.53. The number of carbonyl (C=O) groups excluding carboxylic acids is 2. The highest BCUT2D eigenvalue weighted by atomic mass is 31.2. The molecule has 0 radical (unpaired) electrons. The van der Waals surface area contributed by atoms with Crippen molar-refractivity contribution in [2.45, 2.75) is 6.92 Å². The Bertz CT molecular complexity index is 960. The van der Waals surface area contributed by atoms with Gasteiger partial charge in [-0.05, 0) is 31.2 Å². The Labute approximate surface area is 166 Å². The lowest BCUT2D eigenvalue weighted by Crippen LogP contribution is -2.26. The molecule has 0 unspecified atom stereocenters. The van der Waals surface area contributed by atoms with Crippen LogP contribution in [0, 0.1) is 0 Å². The van der Waals surface area contributed by atoms with E-state index in [1.165, 1.54) is 52.4 Å². The Balaban J connectivity index is 2.90. The van der Waals surface area contributed by atoms with E-state index in [9.17, 15) is 29.0 Å². The lowest BCUT2D eigenvalue weighted by molar-refractivity contribution is 0.0513. The Kier molecular flexibility index (Phi) is 6.58. The summed E-state index contributed by atoms with van der Waals surface area (Å²) in [6.07, 6.45) is 0. The Morgan fingerprint density at radius 2 is 1.72 bits per heavy atom. The number of hydrogen-bond donors (Lipinski definition) is 3. The summed E-state index contributed by atoms with van der Waals surface area (Å²) in [4.78, 5) is 44.9. The summed E-state index contributed by atoms with van der Waals surface area (Å²) in [7, 11) is -0.962. The minimum Gasteiger partial charge on any atom is -0.503 e. The van der Waals surface area contributed by atoms with Gasteiger partial charge in [0.25, 0.3) is 5.91 Å². The van der Waals surface area contributed by atoms with E-state index in [-0.39, 0.29) is 12.3 Å². The van der Waals surface area contributed by atoms with Crippen LogP contribution >= 0.6 is 7.82 Å². The molecule has 0 saturated carbocycles. The van der Waals surface area contributed by atoms with Crippen LogP contribution < -0.4 is 9.26 Å². The lowest BCUT2D eigenvalue weighted by Gasteiger charge is -2.16. The predicted octanol–water partition coefficient (Wildman–Crippen LogP) is 1.54. The maximum absolute atomic E-state index is 12.8. The van der Waals surface area contributed by atoms with E-state index >= 15 is 0 Å². The molecule has 1 aromatic heterocycles. The van der Waals surface area contributed by atoms with E-state index in [2.05, 4.69) is 4.52 Å². The number of nitrogens with zero attached hydrogens (tertiary/aromatic N) is 2. The smallest absolute Gasteiger partial charge is 0.503 e. The molecule has 0 spiro atoms. The van der Waals surface area contributed by atoms with Crippen LogP contribution in [0.2, 0.25) is 0 Å². The molecule has 1 heterocycles. The van der Waals surface area contributed by atoms with Crippen molar-refractivity contribution >= 4 is 19.7 Å². The van der Waals surface area contributed by atoms with Gasteiger partial charge in [-0.1, -0.05) is 0 Å². The Hall–Kier alpha value is -3.01. The summed E-state index contributed by atoms with van der Waals surface area (Å²) in [5.41, 5.74) is -0.773. The van der Waals surface area contributed by atoms with Crippen LogP contribution in [0.25, 0.3) is 5.69 Å². The average Bonchev–Trinajstić information content (AvgIpc) is 2.92. The van der Waals surface area contributed by atoms with Crippen molar-refractivity contribution in [1.82, 2.24) is 9.47 Å². The van der Waals surface area contributed by atoms with Crippen LogP contribution in [-0.4, -0.2) is 64.0 Å². The van der Waals surface area contributed by atoms with Crippen LogP contribution in [0.3, 0.4) is 0 Å². The van der Waals surface area contributed by atoms with Crippen molar-refractivity contribution in [3.63, 3.8) is 0 Å². The molecule has 2 rings (SSSR count). The largest absolute Gasteiger partial charge is 0.525 e. The maximum atomic E-state index is 12.8. The van der Waals surface area contributed by atoms with Gasteiger partial charge in [-0.25, -0.2) is 9.36 Å². The van der Waals surface area contributed by atoms with E-state index < -0.39 is 42.6 Å². The van der Waals surface area contributed by atoms with Gasteiger partial charge in [0.15, 0.2) is 17.1 Å². The van der Waals surface area contributed by atoms with Gasteiger partial charge in [0.05, 0.1) is 13.7 Å². The van der Waals surface area contributed by atoms with E-state index in [0.717, 1.165) is 9.47 Å². The molecule has 0 aliphatic rings. The highest BCUT2D eigenvalue weighted by molar-refractivity contribution is 7.46. The van der Waals surface area contributed by atoms with Crippen LogP contribution in [-0.2, 0) is 9.30 Å². The first-order chi connectivity index (χ1) is 13.5. The highest BCUT2D eigenvalue weighted by Gasteiger charge is 2.37. The second-order valence-electron chi connectivity index (χ2n) is 5.91. The van der Waals surface area contributed by atoms with Crippen molar-refractivity contribution in [2.24, 2.45) is 0 Å². The molecule has 0 saturated heterocycles. The summed E-state index contributed by atoms with van der Waals surface area (Å²) in [6, 6.07) is 6.03. The molecular formula is C17H21N2O9P. The molecule has 1 amide bonds. The molecule has 0 aliphatic carbocycles. The second kappa shape index (κ2) is 8.56. The molecule has 158 valence electrons. The van der Waals surface area contributed by atoms with Gasteiger partial charge in [0, 0.05) is 19.8 Å². The van der Waals surface area contributed by atoms with E-state index in [4.69, 9.17) is 9.47 Å². The van der Waals surface area contributed by atoms with E-state index in [1.54, 1.807) is 0 Å². The Morgan fingerprint density at radius 1 is 1.14 bits per heavy atom. The first-order valence-electron chi connectivity index (χ1n) is 8.27. The number of hydrogen-bond acceptors (Lipinski definition) is 7. The number of methoxy groups -OCH3 is 1. The number of esters is 1. The molecule has 11 nitrogen and oxygen atoms in total.